The highest BCUT2D eigenvalue weighted by Gasteiger charge is 1.86. The molecule has 0 nitrogen and oxygen atoms in total. The predicted octanol–water partition coefficient (Wildman–Crippen LogP) is 2.62. The smallest absolute Gasteiger partial charge is 0.0343 e. The van der Waals surface area contributed by atoms with Gasteiger partial charge in [-0.25, -0.2) is 0 Å². The van der Waals surface area contributed by atoms with Crippen LogP contribution in [0.2, 0.25) is 0 Å². The first-order valence-corrected chi connectivity index (χ1v) is 3.87. The van der Waals surface area contributed by atoms with Gasteiger partial charge < -0.3 is 0 Å². The lowest BCUT2D eigenvalue weighted by atomic mass is 10.7. The number of rotatable bonds is 4. The Labute approximate surface area is 60.5 Å². The number of hydrogen-bond donors (Lipinski definition) is 0. The standard InChI is InChI=1S/C6H9S2/c1-3-4-8-6(2)5-7/h3H,1-2,4-5H2. The molecule has 8 heavy (non-hydrogen) atoms. The van der Waals surface area contributed by atoms with Gasteiger partial charge in [0.25, 0.3) is 0 Å². The zero-order chi connectivity index (χ0) is 6.41. The van der Waals surface area contributed by atoms with Gasteiger partial charge in [-0.1, -0.05) is 25.3 Å². The van der Waals surface area contributed by atoms with Gasteiger partial charge in [0.2, 0.25) is 0 Å². The first-order chi connectivity index (χ1) is 3.81. The van der Waals surface area contributed by atoms with Crippen molar-refractivity contribution in [2.75, 3.05) is 11.5 Å². The molecule has 0 saturated heterocycles. The summed E-state index contributed by atoms with van der Waals surface area (Å²) < 4.78 is 0. The number of thioether (sulfide) groups is 1. The lowest BCUT2D eigenvalue weighted by Crippen LogP contribution is -1.75. The fourth-order valence-corrected chi connectivity index (χ4v) is 0.905. The Morgan fingerprint density at radius 3 is 2.75 bits per heavy atom. The third kappa shape index (κ3) is 4.34. The summed E-state index contributed by atoms with van der Waals surface area (Å²) in [7, 11) is 0. The molecule has 0 aliphatic rings. The molecule has 0 bridgehead atoms. The molecule has 0 N–H and O–H groups in total. The van der Waals surface area contributed by atoms with E-state index in [1.807, 2.05) is 6.08 Å². The minimum Gasteiger partial charge on any atom is -0.126 e. The minimum absolute atomic E-state index is 0.651. The van der Waals surface area contributed by atoms with E-state index in [9.17, 15) is 0 Å². The van der Waals surface area contributed by atoms with Crippen LogP contribution in [0.25, 0.3) is 0 Å². The highest BCUT2D eigenvalue weighted by Crippen LogP contribution is 2.13. The van der Waals surface area contributed by atoms with Gasteiger partial charge in [-0.2, -0.15) is 0 Å². The first-order valence-electron chi connectivity index (χ1n) is 2.31. The maximum Gasteiger partial charge on any atom is 0.0343 e. The third-order valence-electron chi connectivity index (χ3n) is 0.566. The van der Waals surface area contributed by atoms with Crippen LogP contribution in [0.1, 0.15) is 0 Å². The van der Waals surface area contributed by atoms with E-state index in [2.05, 4.69) is 13.2 Å². The molecule has 0 fully saturated rings. The van der Waals surface area contributed by atoms with Crippen LogP contribution < -0.4 is 0 Å². The van der Waals surface area contributed by atoms with E-state index in [0.717, 1.165) is 10.7 Å². The Bertz CT molecular complexity index is 86.5. The highest BCUT2D eigenvalue weighted by molar-refractivity contribution is 8.03. The maximum absolute atomic E-state index is 4.73. The molecule has 1 radical (unpaired) electrons. The molecule has 45 valence electrons. The van der Waals surface area contributed by atoms with Crippen molar-refractivity contribution in [2.45, 2.75) is 0 Å². The van der Waals surface area contributed by atoms with Crippen molar-refractivity contribution >= 4 is 24.4 Å². The summed E-state index contributed by atoms with van der Waals surface area (Å²) in [5.41, 5.74) is 0. The molecule has 0 aliphatic heterocycles. The van der Waals surface area contributed by atoms with Gasteiger partial charge in [0.1, 0.15) is 0 Å². The Morgan fingerprint density at radius 1 is 1.75 bits per heavy atom. The van der Waals surface area contributed by atoms with Crippen molar-refractivity contribution < 1.29 is 0 Å². The van der Waals surface area contributed by atoms with Crippen LogP contribution in [-0.2, 0) is 0 Å². The number of hydrogen-bond acceptors (Lipinski definition) is 1. The third-order valence-corrected chi connectivity index (χ3v) is 2.05. The molecule has 0 saturated carbocycles. The molecule has 0 aromatic rings. The zero-order valence-corrected chi connectivity index (χ0v) is 6.36. The van der Waals surface area contributed by atoms with Crippen molar-refractivity contribution in [3.8, 4) is 0 Å². The Morgan fingerprint density at radius 2 is 2.38 bits per heavy atom. The zero-order valence-electron chi connectivity index (χ0n) is 4.72. The monoisotopic (exact) mass is 145 g/mol. The minimum atomic E-state index is 0.651. The lowest BCUT2D eigenvalue weighted by Gasteiger charge is -1.93. The van der Waals surface area contributed by atoms with Gasteiger partial charge in [-0.3, -0.25) is 0 Å². The summed E-state index contributed by atoms with van der Waals surface area (Å²) in [4.78, 5) is 1.06. The summed E-state index contributed by atoms with van der Waals surface area (Å²) in [6.45, 7) is 7.29. The van der Waals surface area contributed by atoms with Crippen molar-refractivity contribution in [1.82, 2.24) is 0 Å². The second-order valence-corrected chi connectivity index (χ2v) is 2.77. The summed E-state index contributed by atoms with van der Waals surface area (Å²) in [6, 6.07) is 0. The van der Waals surface area contributed by atoms with Crippen LogP contribution in [0, 0.1) is 0 Å². The van der Waals surface area contributed by atoms with E-state index < -0.39 is 0 Å². The predicted molar refractivity (Wildman–Crippen MR) is 44.3 cm³/mol. The lowest BCUT2D eigenvalue weighted by molar-refractivity contribution is 1.73. The van der Waals surface area contributed by atoms with Crippen LogP contribution >= 0.6 is 24.4 Å². The topological polar surface area (TPSA) is 0 Å². The summed E-state index contributed by atoms with van der Waals surface area (Å²) in [6.07, 6.45) is 1.85. The molecule has 0 spiro atoms. The normalized spacial score (nSPS) is 8.62. The molecule has 0 atom stereocenters. The van der Waals surface area contributed by atoms with Crippen molar-refractivity contribution in [1.29, 1.82) is 0 Å². The fraction of sp³-hybridized carbons (Fsp3) is 0.333. The summed E-state index contributed by atoms with van der Waals surface area (Å²) >= 11 is 6.39. The van der Waals surface area contributed by atoms with E-state index >= 15 is 0 Å². The van der Waals surface area contributed by atoms with Crippen LogP contribution in [0.4, 0.5) is 0 Å². The van der Waals surface area contributed by atoms with Crippen LogP contribution in [0.3, 0.4) is 0 Å². The van der Waals surface area contributed by atoms with Crippen molar-refractivity contribution in [3.63, 3.8) is 0 Å². The van der Waals surface area contributed by atoms with Crippen LogP contribution in [-0.4, -0.2) is 11.5 Å². The molecule has 0 rings (SSSR count). The van der Waals surface area contributed by atoms with Gasteiger partial charge >= 0.3 is 0 Å². The maximum atomic E-state index is 4.73. The largest absolute Gasteiger partial charge is 0.126 e. The average molecular weight is 145 g/mol. The van der Waals surface area contributed by atoms with E-state index in [4.69, 9.17) is 12.6 Å². The molecule has 0 aliphatic carbocycles. The van der Waals surface area contributed by atoms with Gasteiger partial charge in [0.05, 0.1) is 0 Å². The van der Waals surface area contributed by atoms with Crippen LogP contribution in [0.5, 0.6) is 0 Å². The van der Waals surface area contributed by atoms with E-state index in [0.29, 0.717) is 5.75 Å². The molecular formula is C6H9S2. The van der Waals surface area contributed by atoms with Gasteiger partial charge in [0.15, 0.2) is 0 Å². The van der Waals surface area contributed by atoms with Crippen molar-refractivity contribution in [2.24, 2.45) is 0 Å². The molecule has 0 unspecified atom stereocenters. The molecule has 0 amide bonds. The second-order valence-electron chi connectivity index (χ2n) is 1.28. The quantitative estimate of drug-likeness (QED) is 0.548. The van der Waals surface area contributed by atoms with E-state index in [-0.39, 0.29) is 0 Å². The fourth-order valence-electron chi connectivity index (χ4n) is 0.218. The molecule has 0 aromatic heterocycles. The average Bonchev–Trinajstić information content (AvgIpc) is 1.83. The Balaban J connectivity index is 3.11. The van der Waals surface area contributed by atoms with Gasteiger partial charge in [0, 0.05) is 11.5 Å². The second kappa shape index (κ2) is 5.32. The van der Waals surface area contributed by atoms with E-state index in [1.54, 1.807) is 11.8 Å². The van der Waals surface area contributed by atoms with Gasteiger partial charge in [-0.15, -0.1) is 18.3 Å². The van der Waals surface area contributed by atoms with Crippen LogP contribution in [0.15, 0.2) is 24.1 Å². The van der Waals surface area contributed by atoms with Gasteiger partial charge in [-0.05, 0) is 4.91 Å². The van der Waals surface area contributed by atoms with Crippen molar-refractivity contribution in [3.05, 3.63) is 24.1 Å². The molecule has 0 aromatic carbocycles. The van der Waals surface area contributed by atoms with E-state index in [1.165, 1.54) is 0 Å². The first kappa shape index (κ1) is 8.18. The summed E-state index contributed by atoms with van der Waals surface area (Å²) in [5, 5.41) is 0. The Hall–Kier alpha value is 0.180. The summed E-state index contributed by atoms with van der Waals surface area (Å²) in [5.74, 6) is 1.58. The SMILES string of the molecule is C=CCSC(=C)C[S]. The molecule has 0 heterocycles. The Kier molecular flexibility index (Phi) is 5.44. The molecular weight excluding hydrogens is 136 g/mol. The molecule has 2 heteroatoms. The highest BCUT2D eigenvalue weighted by atomic mass is 32.2.